The Morgan fingerprint density at radius 1 is 1.27 bits per heavy atom. The van der Waals surface area contributed by atoms with Crippen LogP contribution in [0.15, 0.2) is 30.7 Å². The normalized spacial score (nSPS) is 23.7. The molecule has 2 aromatic heterocycles. The zero-order valence-electron chi connectivity index (χ0n) is 15.3. The average molecular weight is 355 g/mol. The molecule has 2 atom stereocenters. The van der Waals surface area contributed by atoms with Crippen LogP contribution in [0.3, 0.4) is 0 Å². The third-order valence-corrected chi connectivity index (χ3v) is 5.20. The van der Waals surface area contributed by atoms with E-state index < -0.39 is 0 Å². The number of hydrogen-bond acceptors (Lipinski definition) is 5. The highest BCUT2D eigenvalue weighted by atomic mass is 16.5. The summed E-state index contributed by atoms with van der Waals surface area (Å²) in [6.07, 6.45) is 5.82. The van der Waals surface area contributed by atoms with E-state index in [-0.39, 0.29) is 12.0 Å². The molecule has 0 spiro atoms. The molecule has 26 heavy (non-hydrogen) atoms. The van der Waals surface area contributed by atoms with E-state index >= 15 is 0 Å². The van der Waals surface area contributed by atoms with Crippen molar-refractivity contribution in [1.29, 1.82) is 0 Å². The number of ether oxygens (including phenoxy) is 1. The lowest BCUT2D eigenvalue weighted by Crippen LogP contribution is -2.34. The Balaban J connectivity index is 1.41. The number of likely N-dealkylation sites (tertiary alicyclic amines) is 1. The van der Waals surface area contributed by atoms with Crippen LogP contribution in [-0.4, -0.2) is 69.4 Å². The summed E-state index contributed by atoms with van der Waals surface area (Å²) in [5.74, 6) is 0.337. The predicted molar refractivity (Wildman–Crippen MR) is 96.6 cm³/mol. The van der Waals surface area contributed by atoms with Gasteiger partial charge in [-0.2, -0.15) is 5.10 Å². The lowest BCUT2D eigenvalue weighted by Gasteiger charge is -2.22. The molecule has 2 saturated heterocycles. The molecule has 2 aliphatic heterocycles. The molecule has 2 aliphatic rings. The fourth-order valence-electron chi connectivity index (χ4n) is 3.84. The number of aromatic nitrogens is 3. The van der Waals surface area contributed by atoms with Crippen molar-refractivity contribution in [2.45, 2.75) is 19.6 Å². The lowest BCUT2D eigenvalue weighted by atomic mass is 10.1. The fourth-order valence-corrected chi connectivity index (χ4v) is 3.84. The third-order valence-electron chi connectivity index (χ3n) is 5.20. The largest absolute Gasteiger partial charge is 0.375 e. The van der Waals surface area contributed by atoms with Gasteiger partial charge in [-0.15, -0.1) is 0 Å². The molecule has 138 valence electrons. The van der Waals surface area contributed by atoms with Crippen LogP contribution in [0.2, 0.25) is 0 Å². The Morgan fingerprint density at radius 2 is 2.15 bits per heavy atom. The quantitative estimate of drug-likeness (QED) is 0.825. The van der Waals surface area contributed by atoms with E-state index in [9.17, 15) is 4.79 Å². The monoisotopic (exact) mass is 355 g/mol. The minimum Gasteiger partial charge on any atom is -0.375 e. The van der Waals surface area contributed by atoms with Gasteiger partial charge in [-0.25, -0.2) is 0 Å². The Bertz CT molecular complexity index is 772. The summed E-state index contributed by atoms with van der Waals surface area (Å²) in [5, 5.41) is 4.25. The molecule has 7 heteroatoms. The van der Waals surface area contributed by atoms with Crippen LogP contribution in [0.5, 0.6) is 0 Å². The van der Waals surface area contributed by atoms with Crippen LogP contribution < -0.4 is 0 Å². The molecule has 0 bridgehead atoms. The first-order chi connectivity index (χ1) is 12.6. The molecule has 0 aromatic carbocycles. The van der Waals surface area contributed by atoms with Crippen molar-refractivity contribution >= 4 is 5.91 Å². The van der Waals surface area contributed by atoms with Crippen LogP contribution in [0.4, 0.5) is 0 Å². The van der Waals surface area contributed by atoms with Crippen LogP contribution in [0.25, 0.3) is 0 Å². The zero-order chi connectivity index (χ0) is 18.1. The van der Waals surface area contributed by atoms with Gasteiger partial charge >= 0.3 is 0 Å². The first-order valence-corrected chi connectivity index (χ1v) is 9.12. The number of pyridine rings is 1. The fraction of sp³-hybridized carbons (Fsp3) is 0.526. The zero-order valence-corrected chi connectivity index (χ0v) is 15.3. The van der Waals surface area contributed by atoms with Crippen molar-refractivity contribution in [3.63, 3.8) is 0 Å². The van der Waals surface area contributed by atoms with Crippen molar-refractivity contribution in [3.05, 3.63) is 47.5 Å². The highest BCUT2D eigenvalue weighted by Crippen LogP contribution is 2.25. The Kier molecular flexibility index (Phi) is 4.74. The topological polar surface area (TPSA) is 63.5 Å². The van der Waals surface area contributed by atoms with Crippen molar-refractivity contribution in [2.75, 3.05) is 32.8 Å². The molecule has 2 fully saturated rings. The summed E-state index contributed by atoms with van der Waals surface area (Å²) < 4.78 is 7.89. The van der Waals surface area contributed by atoms with Gasteiger partial charge in [0.2, 0.25) is 0 Å². The minimum absolute atomic E-state index is 0.000447. The van der Waals surface area contributed by atoms with Crippen molar-refractivity contribution in [3.8, 4) is 0 Å². The number of amides is 1. The number of rotatable bonds is 3. The van der Waals surface area contributed by atoms with Gasteiger partial charge < -0.3 is 9.64 Å². The molecule has 7 nitrogen and oxygen atoms in total. The van der Waals surface area contributed by atoms with Gasteiger partial charge in [0, 0.05) is 63.6 Å². The van der Waals surface area contributed by atoms with Gasteiger partial charge in [-0.3, -0.25) is 19.4 Å². The first kappa shape index (κ1) is 17.2. The molecule has 0 N–H and O–H groups in total. The van der Waals surface area contributed by atoms with Gasteiger partial charge in [-0.1, -0.05) is 6.07 Å². The molecule has 1 amide bonds. The van der Waals surface area contributed by atoms with Gasteiger partial charge in [0.15, 0.2) is 0 Å². The van der Waals surface area contributed by atoms with Crippen LogP contribution in [-0.2, 0) is 18.3 Å². The van der Waals surface area contributed by atoms with Crippen molar-refractivity contribution in [1.82, 2.24) is 24.6 Å². The summed E-state index contributed by atoms with van der Waals surface area (Å²) in [6.45, 7) is 6.77. The molecule has 4 rings (SSSR count). The predicted octanol–water partition coefficient (Wildman–Crippen LogP) is 1.10. The molecule has 2 aromatic rings. The second kappa shape index (κ2) is 7.17. The molecule has 0 radical (unpaired) electrons. The second-order valence-corrected chi connectivity index (χ2v) is 7.36. The molecule has 4 heterocycles. The van der Waals surface area contributed by atoms with E-state index in [1.54, 1.807) is 12.3 Å². The minimum atomic E-state index is 0.000447. The summed E-state index contributed by atoms with van der Waals surface area (Å²) in [5.41, 5.74) is 2.78. The Morgan fingerprint density at radius 3 is 2.88 bits per heavy atom. The van der Waals surface area contributed by atoms with Crippen molar-refractivity contribution in [2.24, 2.45) is 13.0 Å². The van der Waals surface area contributed by atoms with E-state index in [1.807, 2.05) is 35.8 Å². The van der Waals surface area contributed by atoms with E-state index in [1.165, 1.54) is 5.56 Å². The van der Waals surface area contributed by atoms with Gasteiger partial charge in [0.25, 0.3) is 5.91 Å². The highest BCUT2D eigenvalue weighted by molar-refractivity contribution is 5.92. The maximum atomic E-state index is 12.7. The van der Waals surface area contributed by atoms with E-state index in [4.69, 9.17) is 4.74 Å². The summed E-state index contributed by atoms with van der Waals surface area (Å²) in [4.78, 5) is 21.3. The maximum Gasteiger partial charge on any atom is 0.272 e. The van der Waals surface area contributed by atoms with E-state index in [2.05, 4.69) is 21.2 Å². The average Bonchev–Trinajstić information content (AvgIpc) is 3.16. The lowest BCUT2D eigenvalue weighted by molar-refractivity contribution is 0.0482. The maximum absolute atomic E-state index is 12.7. The third kappa shape index (κ3) is 3.64. The molecular formula is C19H25N5O2. The Labute approximate surface area is 153 Å². The van der Waals surface area contributed by atoms with Gasteiger partial charge in [0.1, 0.15) is 5.69 Å². The number of carbonyl (C=O) groups excluding carboxylic acids is 1. The molecule has 0 aliphatic carbocycles. The summed E-state index contributed by atoms with van der Waals surface area (Å²) in [6, 6.07) is 3.74. The standard InChI is InChI=1S/C19H25N5O2/c1-14-3-4-17(20-7-14)19(25)24-12-16-11-23(5-6-26-18(16)13-24)10-15-8-21-22(2)9-15/h3-4,7-9,16,18H,5-6,10-13H2,1-2H3/t16-,18+/m1/s1. The smallest absolute Gasteiger partial charge is 0.272 e. The first-order valence-electron chi connectivity index (χ1n) is 9.12. The number of nitrogens with zero attached hydrogens (tertiary/aromatic N) is 5. The molecular weight excluding hydrogens is 330 g/mol. The number of carbonyl (C=O) groups is 1. The number of fused-ring (bicyclic) bond motifs is 1. The summed E-state index contributed by atoms with van der Waals surface area (Å²) >= 11 is 0. The number of aryl methyl sites for hydroxylation is 2. The van der Waals surface area contributed by atoms with Gasteiger partial charge in [-0.05, 0) is 18.6 Å². The number of hydrogen-bond donors (Lipinski definition) is 0. The van der Waals surface area contributed by atoms with Gasteiger partial charge in [0.05, 0.1) is 18.9 Å². The van der Waals surface area contributed by atoms with E-state index in [0.29, 0.717) is 24.8 Å². The second-order valence-electron chi connectivity index (χ2n) is 7.36. The van der Waals surface area contributed by atoms with Crippen LogP contribution >= 0.6 is 0 Å². The van der Waals surface area contributed by atoms with Crippen LogP contribution in [0.1, 0.15) is 21.6 Å². The Hall–Kier alpha value is -2.25. The highest BCUT2D eigenvalue weighted by Gasteiger charge is 2.39. The van der Waals surface area contributed by atoms with Crippen LogP contribution in [0, 0.1) is 12.8 Å². The summed E-state index contributed by atoms with van der Waals surface area (Å²) in [7, 11) is 1.94. The van der Waals surface area contributed by atoms with E-state index in [0.717, 1.165) is 31.7 Å². The SMILES string of the molecule is Cc1ccc(C(=O)N2C[C@H]3CN(Cc4cnn(C)c4)CCO[C@H]3C2)nc1. The van der Waals surface area contributed by atoms with Crippen molar-refractivity contribution < 1.29 is 9.53 Å². The molecule has 0 saturated carbocycles. The molecule has 0 unspecified atom stereocenters.